The molecular weight excluding hydrogens is 410 g/mol. The number of fused-ring (bicyclic) bond motifs is 1. The lowest BCUT2D eigenvalue weighted by molar-refractivity contribution is -0.122. The number of hydrogen-bond acceptors (Lipinski definition) is 7. The molecule has 0 atom stereocenters. The lowest BCUT2D eigenvalue weighted by Gasteiger charge is -2.29. The lowest BCUT2D eigenvalue weighted by atomic mass is 10.1. The third-order valence-corrected chi connectivity index (χ3v) is 6.25. The van der Waals surface area contributed by atoms with Crippen LogP contribution in [0.1, 0.15) is 17.3 Å². The molecule has 1 heterocycles. The molecule has 0 saturated heterocycles. The normalized spacial score (nSPS) is 16.5. The van der Waals surface area contributed by atoms with E-state index in [0.717, 1.165) is 4.31 Å². The van der Waals surface area contributed by atoms with Gasteiger partial charge in [-0.3, -0.25) is 24.2 Å². The Bertz CT molecular complexity index is 1130. The number of nitrogens with one attached hydrogen (secondary N) is 2. The van der Waals surface area contributed by atoms with Crippen LogP contribution in [0.4, 0.5) is 5.69 Å². The summed E-state index contributed by atoms with van der Waals surface area (Å²) >= 11 is 0. The Labute approximate surface area is 174 Å². The molecule has 2 N–H and O–H groups in total. The van der Waals surface area contributed by atoms with Crippen LogP contribution >= 0.6 is 0 Å². The molecule has 0 fully saturated rings. The average molecular weight is 431 g/mol. The molecular formula is C20H21N3O6S. The minimum Gasteiger partial charge on any atom is -0.497 e. The van der Waals surface area contributed by atoms with Gasteiger partial charge >= 0.3 is 0 Å². The number of benzene rings is 2. The maximum Gasteiger partial charge on any atom is 0.264 e. The van der Waals surface area contributed by atoms with E-state index in [1.165, 1.54) is 33.2 Å². The van der Waals surface area contributed by atoms with Gasteiger partial charge in [-0.1, -0.05) is 18.2 Å². The molecule has 1 amide bonds. The fraction of sp³-hybridized carbons (Fsp3) is 0.200. The van der Waals surface area contributed by atoms with Gasteiger partial charge in [-0.2, -0.15) is 0 Å². The fourth-order valence-electron chi connectivity index (χ4n) is 2.98. The standard InChI is InChI=1S/C20H21N3O6S/c1-13(22-29-12-18(24)21-14-7-6-8-15(11-14)28-3)19-20(25)16-9-4-5-10-17(16)30(26,27)23(19)2/h4-11,22H,12H2,1-3H3,(H,21,24)/b19-13+. The van der Waals surface area contributed by atoms with Crippen LogP contribution in [0.3, 0.4) is 0 Å². The number of ether oxygens (including phenoxy) is 1. The number of carbonyl (C=O) groups is 2. The predicted molar refractivity (Wildman–Crippen MR) is 109 cm³/mol. The topological polar surface area (TPSA) is 114 Å². The SMILES string of the molecule is COc1cccc(NC(=O)CON/C(C)=C2\C(=O)c3ccccc3S(=O)(=O)N2C)c1. The van der Waals surface area contributed by atoms with Gasteiger partial charge in [0.05, 0.1) is 17.7 Å². The number of likely N-dealkylation sites (N-methyl/N-ethyl adjacent to an activating group) is 1. The molecule has 0 radical (unpaired) electrons. The largest absolute Gasteiger partial charge is 0.497 e. The second-order valence-electron chi connectivity index (χ2n) is 6.44. The van der Waals surface area contributed by atoms with Crippen molar-refractivity contribution in [3.63, 3.8) is 0 Å². The number of carbonyl (C=O) groups excluding carboxylic acids is 2. The number of rotatable bonds is 6. The summed E-state index contributed by atoms with van der Waals surface area (Å²) in [7, 11) is -1.06. The molecule has 3 rings (SSSR count). The molecule has 9 nitrogen and oxygen atoms in total. The number of hydroxylamine groups is 1. The molecule has 0 bridgehead atoms. The highest BCUT2D eigenvalue weighted by atomic mass is 32.2. The van der Waals surface area contributed by atoms with Crippen molar-refractivity contribution in [2.24, 2.45) is 0 Å². The van der Waals surface area contributed by atoms with Gasteiger partial charge in [-0.05, 0) is 31.2 Å². The number of allylic oxidation sites excluding steroid dienone is 2. The first-order valence-electron chi connectivity index (χ1n) is 8.91. The van der Waals surface area contributed by atoms with E-state index in [1.54, 1.807) is 36.4 Å². The van der Waals surface area contributed by atoms with E-state index in [4.69, 9.17) is 9.57 Å². The molecule has 0 aromatic heterocycles. The van der Waals surface area contributed by atoms with E-state index >= 15 is 0 Å². The first-order chi connectivity index (χ1) is 14.3. The number of amides is 1. The van der Waals surface area contributed by atoms with Crippen LogP contribution in [0.25, 0.3) is 0 Å². The van der Waals surface area contributed by atoms with Crippen molar-refractivity contribution in [3.05, 3.63) is 65.5 Å². The van der Waals surface area contributed by atoms with Crippen molar-refractivity contribution in [1.82, 2.24) is 9.79 Å². The summed E-state index contributed by atoms with van der Waals surface area (Å²) in [5.41, 5.74) is 3.18. The molecule has 2 aromatic carbocycles. The molecule has 0 unspecified atom stereocenters. The molecule has 158 valence electrons. The van der Waals surface area contributed by atoms with E-state index in [-0.39, 0.29) is 28.5 Å². The van der Waals surface area contributed by atoms with Gasteiger partial charge < -0.3 is 10.1 Å². The monoisotopic (exact) mass is 431 g/mol. The number of Topliss-reactive ketones (excluding diaryl/α,β-unsaturated/α-hetero) is 1. The second-order valence-corrected chi connectivity index (χ2v) is 8.38. The minimum absolute atomic E-state index is 0.0485. The van der Waals surface area contributed by atoms with Crippen LogP contribution in [0.2, 0.25) is 0 Å². The quantitative estimate of drug-likeness (QED) is 0.530. The average Bonchev–Trinajstić information content (AvgIpc) is 2.73. The van der Waals surface area contributed by atoms with Crippen LogP contribution in [0, 0.1) is 0 Å². The molecule has 0 spiro atoms. The van der Waals surface area contributed by atoms with Gasteiger partial charge in [0.2, 0.25) is 5.78 Å². The maximum atomic E-state index is 12.8. The third-order valence-electron chi connectivity index (χ3n) is 4.44. The Balaban J connectivity index is 1.69. The summed E-state index contributed by atoms with van der Waals surface area (Å²) in [6, 6.07) is 12.8. The summed E-state index contributed by atoms with van der Waals surface area (Å²) in [6.45, 7) is 1.12. The maximum absolute atomic E-state index is 12.8. The number of sulfonamides is 1. The molecule has 1 aliphatic rings. The molecule has 10 heteroatoms. The first kappa shape index (κ1) is 21.3. The Morgan fingerprint density at radius 3 is 2.60 bits per heavy atom. The highest BCUT2D eigenvalue weighted by molar-refractivity contribution is 7.89. The van der Waals surface area contributed by atoms with Crippen LogP contribution in [0.5, 0.6) is 5.75 Å². The third kappa shape index (κ3) is 4.14. The van der Waals surface area contributed by atoms with Gasteiger partial charge in [0.25, 0.3) is 15.9 Å². The highest BCUT2D eigenvalue weighted by Gasteiger charge is 2.38. The van der Waals surface area contributed by atoms with Gasteiger partial charge in [0, 0.05) is 24.4 Å². The Kier molecular flexibility index (Phi) is 6.09. The zero-order valence-corrected chi connectivity index (χ0v) is 17.4. The summed E-state index contributed by atoms with van der Waals surface area (Å²) in [5.74, 6) is -0.319. The van der Waals surface area contributed by atoms with Crippen molar-refractivity contribution >= 4 is 27.4 Å². The fourth-order valence-corrected chi connectivity index (χ4v) is 4.42. The zero-order valence-electron chi connectivity index (χ0n) is 16.6. The van der Waals surface area contributed by atoms with E-state index in [9.17, 15) is 18.0 Å². The number of nitrogens with zero attached hydrogens (tertiary/aromatic N) is 1. The summed E-state index contributed by atoms with van der Waals surface area (Å²) in [5, 5.41) is 2.64. The van der Waals surface area contributed by atoms with E-state index in [1.807, 2.05) is 0 Å². The van der Waals surface area contributed by atoms with Crippen LogP contribution < -0.4 is 15.5 Å². The van der Waals surface area contributed by atoms with Gasteiger partial charge in [0.15, 0.2) is 6.61 Å². The molecule has 0 saturated carbocycles. The summed E-state index contributed by atoms with van der Waals surface area (Å²) < 4.78 is 31.4. The molecule has 2 aromatic rings. The number of ketones is 1. The highest BCUT2D eigenvalue weighted by Crippen LogP contribution is 2.31. The number of hydrogen-bond donors (Lipinski definition) is 2. The van der Waals surface area contributed by atoms with Crippen molar-refractivity contribution in [2.45, 2.75) is 11.8 Å². The van der Waals surface area contributed by atoms with E-state index in [2.05, 4.69) is 10.8 Å². The number of anilines is 1. The zero-order chi connectivity index (χ0) is 21.9. The predicted octanol–water partition coefficient (Wildman–Crippen LogP) is 1.90. The van der Waals surface area contributed by atoms with Gasteiger partial charge in [-0.15, -0.1) is 0 Å². The van der Waals surface area contributed by atoms with Crippen LogP contribution in [-0.2, 0) is 19.7 Å². The van der Waals surface area contributed by atoms with E-state index < -0.39 is 21.7 Å². The molecule has 1 aliphatic heterocycles. The van der Waals surface area contributed by atoms with Crippen molar-refractivity contribution < 1.29 is 27.6 Å². The molecule has 30 heavy (non-hydrogen) atoms. The lowest BCUT2D eigenvalue weighted by Crippen LogP contribution is -2.38. The summed E-state index contributed by atoms with van der Waals surface area (Å²) in [6.07, 6.45) is 0. The van der Waals surface area contributed by atoms with Crippen molar-refractivity contribution in [3.8, 4) is 5.75 Å². The first-order valence-corrected chi connectivity index (χ1v) is 10.3. The van der Waals surface area contributed by atoms with Crippen molar-refractivity contribution in [2.75, 3.05) is 26.1 Å². The van der Waals surface area contributed by atoms with Crippen LogP contribution in [-0.4, -0.2) is 45.2 Å². The minimum atomic E-state index is -3.87. The smallest absolute Gasteiger partial charge is 0.264 e. The number of methoxy groups -OCH3 is 1. The Morgan fingerprint density at radius 1 is 1.13 bits per heavy atom. The van der Waals surface area contributed by atoms with Crippen molar-refractivity contribution in [1.29, 1.82) is 0 Å². The Hall–Kier alpha value is -3.37. The molecule has 0 aliphatic carbocycles. The van der Waals surface area contributed by atoms with Gasteiger partial charge in [-0.25, -0.2) is 8.42 Å². The summed E-state index contributed by atoms with van der Waals surface area (Å²) in [4.78, 5) is 30.0. The van der Waals surface area contributed by atoms with Gasteiger partial charge in [0.1, 0.15) is 11.4 Å². The Morgan fingerprint density at radius 2 is 1.87 bits per heavy atom. The van der Waals surface area contributed by atoms with E-state index in [0.29, 0.717) is 11.4 Å². The van der Waals surface area contributed by atoms with Crippen LogP contribution in [0.15, 0.2) is 64.8 Å². The second kappa shape index (κ2) is 8.56.